The molecule has 2 atom stereocenters. The van der Waals surface area contributed by atoms with E-state index < -0.39 is 12.2 Å². The number of aliphatic hydroxyl groups excluding tert-OH is 2. The lowest BCUT2D eigenvalue weighted by Crippen LogP contribution is -2.37. The minimum atomic E-state index is -0.539. The number of nitrogens with zero attached hydrogens (tertiary/aromatic N) is 4. The minimum absolute atomic E-state index is 0.208. The van der Waals surface area contributed by atoms with E-state index in [1.165, 1.54) is 0 Å². The van der Waals surface area contributed by atoms with Crippen molar-refractivity contribution in [1.82, 2.24) is 15.0 Å². The maximum atomic E-state index is 9.91. The third kappa shape index (κ3) is 3.69. The van der Waals surface area contributed by atoms with Gasteiger partial charge in [0.15, 0.2) is 0 Å². The van der Waals surface area contributed by atoms with E-state index in [1.54, 1.807) is 31.5 Å². The molecule has 7 nitrogen and oxygen atoms in total. The summed E-state index contributed by atoms with van der Waals surface area (Å²) in [5, 5.41) is 20.8. The van der Waals surface area contributed by atoms with Gasteiger partial charge in [0.05, 0.1) is 40.3 Å². The van der Waals surface area contributed by atoms with Crippen molar-refractivity contribution >= 4 is 37.6 Å². The Morgan fingerprint density at radius 3 is 2.61 bits per heavy atom. The summed E-state index contributed by atoms with van der Waals surface area (Å²) in [6.07, 6.45) is 1.24. The highest BCUT2D eigenvalue weighted by Crippen LogP contribution is 2.39. The summed E-state index contributed by atoms with van der Waals surface area (Å²) in [4.78, 5) is 16.8. The smallest absolute Gasteiger partial charge is 0.150 e. The van der Waals surface area contributed by atoms with Crippen LogP contribution in [0, 0.1) is 0 Å². The van der Waals surface area contributed by atoms with Crippen LogP contribution >= 0.6 is 11.3 Å². The van der Waals surface area contributed by atoms with Crippen molar-refractivity contribution in [2.75, 3.05) is 18.0 Å². The molecule has 3 aromatic heterocycles. The molecule has 0 bridgehead atoms. The molecule has 0 saturated heterocycles. The summed E-state index contributed by atoms with van der Waals surface area (Å²) in [6, 6.07) is 2.14. The van der Waals surface area contributed by atoms with E-state index in [0.29, 0.717) is 19.7 Å². The molecule has 0 aromatic carbocycles. The number of fused-ring (bicyclic) bond motifs is 4. The molecule has 8 heteroatoms. The highest BCUT2D eigenvalue weighted by atomic mass is 32.1. The number of rotatable bonds is 5. The van der Waals surface area contributed by atoms with Crippen molar-refractivity contribution in [3.05, 3.63) is 23.7 Å². The first kappa shape index (κ1) is 19.4. The average molecular weight is 403 g/mol. The first-order valence-corrected chi connectivity index (χ1v) is 10.4. The van der Waals surface area contributed by atoms with E-state index in [4.69, 9.17) is 9.72 Å². The third-order valence-electron chi connectivity index (χ3n) is 4.88. The van der Waals surface area contributed by atoms with E-state index in [9.17, 15) is 10.2 Å². The topological polar surface area (TPSA) is 91.6 Å². The van der Waals surface area contributed by atoms with Gasteiger partial charge < -0.3 is 19.8 Å². The zero-order valence-electron chi connectivity index (χ0n) is 16.6. The van der Waals surface area contributed by atoms with Gasteiger partial charge in [-0.15, -0.1) is 11.3 Å². The highest BCUT2D eigenvalue weighted by Gasteiger charge is 2.28. The molecule has 150 valence electrons. The van der Waals surface area contributed by atoms with E-state index >= 15 is 0 Å². The Labute approximate surface area is 168 Å². The zero-order valence-corrected chi connectivity index (χ0v) is 17.5. The first-order chi connectivity index (χ1) is 13.2. The summed E-state index contributed by atoms with van der Waals surface area (Å²) in [7, 11) is 0. The molecular formula is C20H26N4O3S. The molecule has 2 N–H and O–H groups in total. The molecular weight excluding hydrogens is 376 g/mol. The van der Waals surface area contributed by atoms with E-state index in [2.05, 4.69) is 29.9 Å². The summed E-state index contributed by atoms with van der Waals surface area (Å²) in [5.41, 5.74) is 2.83. The Balaban J connectivity index is 1.85. The largest absolute Gasteiger partial charge is 0.392 e. The van der Waals surface area contributed by atoms with Gasteiger partial charge in [-0.05, 0) is 33.8 Å². The molecule has 0 spiro atoms. The fourth-order valence-corrected chi connectivity index (χ4v) is 4.83. The third-order valence-corrected chi connectivity index (χ3v) is 5.96. The Hall–Kier alpha value is -1.87. The van der Waals surface area contributed by atoms with Crippen LogP contribution in [0.5, 0.6) is 0 Å². The van der Waals surface area contributed by atoms with Gasteiger partial charge in [0, 0.05) is 30.5 Å². The van der Waals surface area contributed by atoms with Crippen molar-refractivity contribution in [2.45, 2.75) is 58.5 Å². The first-order valence-electron chi connectivity index (χ1n) is 9.54. The normalized spacial score (nSPS) is 18.2. The van der Waals surface area contributed by atoms with Crippen molar-refractivity contribution in [3.63, 3.8) is 0 Å². The number of aromatic nitrogens is 3. The van der Waals surface area contributed by atoms with Crippen molar-refractivity contribution < 1.29 is 14.9 Å². The minimum Gasteiger partial charge on any atom is -0.392 e. The van der Waals surface area contributed by atoms with Crippen LogP contribution in [0.2, 0.25) is 0 Å². The lowest BCUT2D eigenvalue weighted by Gasteiger charge is -2.30. The predicted octanol–water partition coefficient (Wildman–Crippen LogP) is 2.66. The summed E-state index contributed by atoms with van der Waals surface area (Å²) >= 11 is 1.56. The van der Waals surface area contributed by atoms with Crippen LogP contribution in [-0.2, 0) is 17.8 Å². The van der Waals surface area contributed by atoms with Gasteiger partial charge >= 0.3 is 0 Å². The second-order valence-electron chi connectivity index (χ2n) is 8.25. The molecule has 0 saturated carbocycles. The number of aliphatic hydroxyl groups is 2. The summed E-state index contributed by atoms with van der Waals surface area (Å²) in [5.74, 6) is 0.726. The van der Waals surface area contributed by atoms with Crippen LogP contribution in [0.4, 0.5) is 5.82 Å². The van der Waals surface area contributed by atoms with Crippen LogP contribution in [0.25, 0.3) is 20.4 Å². The maximum Gasteiger partial charge on any atom is 0.150 e. The number of pyridine rings is 1. The van der Waals surface area contributed by atoms with Crippen LogP contribution in [0.1, 0.15) is 39.0 Å². The lowest BCUT2D eigenvalue weighted by molar-refractivity contribution is -0.0411. The molecule has 0 aliphatic carbocycles. The van der Waals surface area contributed by atoms with Gasteiger partial charge in [-0.1, -0.05) is 0 Å². The van der Waals surface area contributed by atoms with E-state index in [0.717, 1.165) is 43.9 Å². The molecule has 0 unspecified atom stereocenters. The van der Waals surface area contributed by atoms with Gasteiger partial charge in [0.25, 0.3) is 0 Å². The second-order valence-corrected chi connectivity index (χ2v) is 9.25. The van der Waals surface area contributed by atoms with Gasteiger partial charge in [-0.3, -0.25) is 0 Å². The monoisotopic (exact) mass is 402 g/mol. The molecule has 0 fully saturated rings. The molecule has 1 aliphatic heterocycles. The number of hydrogen-bond acceptors (Lipinski definition) is 8. The van der Waals surface area contributed by atoms with Crippen molar-refractivity contribution in [1.29, 1.82) is 0 Å². The van der Waals surface area contributed by atoms with Crippen LogP contribution in [0.15, 0.2) is 12.4 Å². The molecule has 0 radical (unpaired) electrons. The highest BCUT2D eigenvalue weighted by molar-refractivity contribution is 7.25. The lowest BCUT2D eigenvalue weighted by atomic mass is 9.95. The summed E-state index contributed by atoms with van der Waals surface area (Å²) in [6.45, 7) is 8.96. The Morgan fingerprint density at radius 2 is 1.93 bits per heavy atom. The fourth-order valence-electron chi connectivity index (χ4n) is 3.68. The number of thiophene rings is 1. The maximum absolute atomic E-state index is 9.91. The molecule has 0 amide bonds. The average Bonchev–Trinajstić information content (AvgIpc) is 2.95. The van der Waals surface area contributed by atoms with E-state index in [-0.39, 0.29) is 5.60 Å². The van der Waals surface area contributed by atoms with Crippen LogP contribution in [0.3, 0.4) is 0 Å². The Bertz CT molecular complexity index is 1010. The van der Waals surface area contributed by atoms with Crippen molar-refractivity contribution in [3.8, 4) is 0 Å². The number of ether oxygens (including phenoxy) is 1. The van der Waals surface area contributed by atoms with Crippen LogP contribution in [-0.4, -0.2) is 56.1 Å². The van der Waals surface area contributed by atoms with Gasteiger partial charge in [0.1, 0.15) is 17.0 Å². The number of hydrogen-bond donors (Lipinski definition) is 2. The summed E-state index contributed by atoms with van der Waals surface area (Å²) < 4.78 is 6.87. The van der Waals surface area contributed by atoms with Crippen LogP contribution < -0.4 is 4.90 Å². The molecule has 3 aromatic rings. The SMILES string of the molecule is C[C@@H](O)CN(C[C@@H](C)O)c1ncnc2c1sc1nc3c(cc12)COC(C)(C)C3. The molecule has 4 rings (SSSR count). The van der Waals surface area contributed by atoms with Crippen molar-refractivity contribution in [2.24, 2.45) is 0 Å². The Morgan fingerprint density at radius 1 is 1.21 bits per heavy atom. The zero-order chi connectivity index (χ0) is 20.1. The van der Waals surface area contributed by atoms with Gasteiger partial charge in [-0.2, -0.15) is 0 Å². The molecule has 28 heavy (non-hydrogen) atoms. The Kier molecular flexibility index (Phi) is 4.99. The predicted molar refractivity (Wildman–Crippen MR) is 111 cm³/mol. The number of anilines is 1. The quantitative estimate of drug-likeness (QED) is 0.678. The fraction of sp³-hybridized carbons (Fsp3) is 0.550. The standard InChI is InChI=1S/C20H26N4O3S/c1-11(25)7-24(8-12(2)26)18-17-16(21-10-22-18)14-5-13-9-27-20(3,4)6-15(13)23-19(14)28-17/h5,10-12,25-26H,6-9H2,1-4H3/t11-,12-/m1/s1. The second kappa shape index (κ2) is 7.18. The van der Waals surface area contributed by atoms with Gasteiger partial charge in [0.2, 0.25) is 0 Å². The van der Waals surface area contributed by atoms with Gasteiger partial charge in [-0.25, -0.2) is 15.0 Å². The molecule has 4 heterocycles. The molecule has 1 aliphatic rings. The van der Waals surface area contributed by atoms with E-state index in [1.807, 2.05) is 4.90 Å².